The number of alkyl halides is 1. The number of carbonyl (C=O) groups is 1. The van der Waals surface area contributed by atoms with Gasteiger partial charge in [0.15, 0.2) is 0 Å². The summed E-state index contributed by atoms with van der Waals surface area (Å²) in [6.45, 7) is 16.1. The van der Waals surface area contributed by atoms with Crippen LogP contribution < -0.4 is 4.74 Å². The van der Waals surface area contributed by atoms with Gasteiger partial charge in [0.2, 0.25) is 0 Å². The van der Waals surface area contributed by atoms with Gasteiger partial charge in [-0.05, 0) is 26.0 Å². The monoisotopic (exact) mass is 344 g/mol. The van der Waals surface area contributed by atoms with Gasteiger partial charge in [-0.15, -0.1) is 11.6 Å². The zero-order valence-electron chi connectivity index (χ0n) is 15.9. The number of hydrogen-bond acceptors (Lipinski definition) is 3. The molecule has 0 aromatic heterocycles. The van der Waals surface area contributed by atoms with Crippen molar-refractivity contribution >= 4 is 17.6 Å². The number of esters is 1. The molecule has 2 unspecified atom stereocenters. The summed E-state index contributed by atoms with van der Waals surface area (Å²) in [5, 5.41) is -0.0509. The van der Waals surface area contributed by atoms with E-state index in [1.807, 2.05) is 54.5 Å². The highest BCUT2D eigenvalue weighted by molar-refractivity contribution is 6.21. The molecule has 0 N–H and O–H groups in total. The SMILES string of the molecule is CC.CC.CC.CCOC(=O)c1ccc2c(c1)OC(C)CC2Cl. The van der Waals surface area contributed by atoms with E-state index in [0.717, 1.165) is 12.0 Å². The number of ether oxygens (including phenoxy) is 2. The van der Waals surface area contributed by atoms with Crippen LogP contribution in [0.3, 0.4) is 0 Å². The van der Waals surface area contributed by atoms with Crippen molar-refractivity contribution in [2.45, 2.75) is 73.3 Å². The lowest BCUT2D eigenvalue weighted by Gasteiger charge is -2.27. The Hall–Kier alpha value is -1.22. The van der Waals surface area contributed by atoms with Crippen molar-refractivity contribution < 1.29 is 14.3 Å². The molecular weight excluding hydrogens is 312 g/mol. The number of benzene rings is 1. The predicted octanol–water partition coefficient (Wildman–Crippen LogP) is 6.39. The average molecular weight is 345 g/mol. The van der Waals surface area contributed by atoms with Crippen LogP contribution in [0.15, 0.2) is 18.2 Å². The van der Waals surface area contributed by atoms with Crippen molar-refractivity contribution in [1.82, 2.24) is 0 Å². The van der Waals surface area contributed by atoms with E-state index in [1.165, 1.54) is 0 Å². The molecule has 0 spiro atoms. The maximum atomic E-state index is 11.6. The van der Waals surface area contributed by atoms with Crippen molar-refractivity contribution in [3.8, 4) is 5.75 Å². The lowest BCUT2D eigenvalue weighted by molar-refractivity contribution is 0.0525. The molecule has 2 atom stereocenters. The fraction of sp³-hybridized carbons (Fsp3) is 0.632. The Bertz CT molecular complexity index is 433. The molecule has 1 heterocycles. The van der Waals surface area contributed by atoms with Crippen molar-refractivity contribution in [3.63, 3.8) is 0 Å². The second-order valence-electron chi connectivity index (χ2n) is 4.10. The van der Waals surface area contributed by atoms with Gasteiger partial charge < -0.3 is 9.47 Å². The first kappa shape index (κ1) is 24.0. The van der Waals surface area contributed by atoms with Gasteiger partial charge in [-0.3, -0.25) is 0 Å². The molecule has 0 saturated heterocycles. The van der Waals surface area contributed by atoms with Crippen LogP contribution in [0.1, 0.15) is 83.1 Å². The average Bonchev–Trinajstić information content (AvgIpc) is 2.60. The number of hydrogen-bond donors (Lipinski definition) is 0. The fourth-order valence-electron chi connectivity index (χ4n) is 1.92. The van der Waals surface area contributed by atoms with Crippen molar-refractivity contribution in [2.75, 3.05) is 6.61 Å². The van der Waals surface area contributed by atoms with E-state index < -0.39 is 0 Å². The molecule has 0 radical (unpaired) electrons. The lowest BCUT2D eigenvalue weighted by Crippen LogP contribution is -2.21. The second-order valence-corrected chi connectivity index (χ2v) is 4.63. The van der Waals surface area contributed by atoms with Gasteiger partial charge in [-0.25, -0.2) is 4.79 Å². The minimum atomic E-state index is -0.330. The first-order valence-electron chi connectivity index (χ1n) is 8.73. The van der Waals surface area contributed by atoms with Gasteiger partial charge in [-0.1, -0.05) is 47.6 Å². The number of halogens is 1. The Morgan fingerprint density at radius 3 is 2.30 bits per heavy atom. The molecule has 1 aliphatic rings. The standard InChI is InChI=1S/C13H15ClO3.3C2H6/c1-3-16-13(15)9-4-5-10-11(14)6-8(2)17-12(10)7-9;3*1-2/h4-5,7-8,11H,3,6H2,1-2H3;3*1-2H3. The third-order valence-electron chi connectivity index (χ3n) is 2.73. The van der Waals surface area contributed by atoms with Gasteiger partial charge >= 0.3 is 5.97 Å². The molecule has 134 valence electrons. The Kier molecular flexibility index (Phi) is 15.0. The Morgan fingerprint density at radius 1 is 1.22 bits per heavy atom. The Morgan fingerprint density at radius 2 is 1.78 bits per heavy atom. The van der Waals surface area contributed by atoms with Crippen LogP contribution in [0.25, 0.3) is 0 Å². The van der Waals surface area contributed by atoms with E-state index in [0.29, 0.717) is 17.9 Å². The smallest absolute Gasteiger partial charge is 0.338 e. The summed E-state index contributed by atoms with van der Waals surface area (Å²) in [5.41, 5.74) is 1.45. The predicted molar refractivity (Wildman–Crippen MR) is 99.7 cm³/mol. The minimum Gasteiger partial charge on any atom is -0.490 e. The molecule has 0 saturated carbocycles. The number of carbonyl (C=O) groups excluding carboxylic acids is 1. The molecule has 0 aliphatic carbocycles. The van der Waals surface area contributed by atoms with Crippen LogP contribution in [-0.4, -0.2) is 18.7 Å². The molecule has 0 amide bonds. The van der Waals surface area contributed by atoms with Crippen LogP contribution in [-0.2, 0) is 4.74 Å². The highest BCUT2D eigenvalue weighted by Crippen LogP contribution is 2.39. The summed E-state index contributed by atoms with van der Waals surface area (Å²) in [6.07, 6.45) is 0.857. The highest BCUT2D eigenvalue weighted by atomic mass is 35.5. The molecule has 23 heavy (non-hydrogen) atoms. The first-order valence-corrected chi connectivity index (χ1v) is 9.17. The van der Waals surface area contributed by atoms with Crippen molar-refractivity contribution in [2.24, 2.45) is 0 Å². The quantitative estimate of drug-likeness (QED) is 0.460. The summed E-state index contributed by atoms with van der Waals surface area (Å²) in [7, 11) is 0. The second kappa shape index (κ2) is 14.4. The fourth-order valence-corrected chi connectivity index (χ4v) is 2.35. The van der Waals surface area contributed by atoms with Crippen LogP contribution in [0.4, 0.5) is 0 Å². The van der Waals surface area contributed by atoms with Gasteiger partial charge in [0.05, 0.1) is 23.7 Å². The van der Waals surface area contributed by atoms with E-state index in [-0.39, 0.29) is 17.5 Å². The normalized spacial score (nSPS) is 17.4. The van der Waals surface area contributed by atoms with E-state index in [2.05, 4.69) is 0 Å². The van der Waals surface area contributed by atoms with Gasteiger partial charge in [0.1, 0.15) is 5.75 Å². The molecule has 2 rings (SSSR count). The molecule has 1 aliphatic heterocycles. The van der Waals surface area contributed by atoms with Crippen molar-refractivity contribution in [3.05, 3.63) is 29.3 Å². The zero-order valence-corrected chi connectivity index (χ0v) is 16.7. The van der Waals surface area contributed by atoms with Gasteiger partial charge in [0.25, 0.3) is 0 Å². The summed E-state index contributed by atoms with van der Waals surface area (Å²) in [5.74, 6) is 0.359. The Labute approximate surface area is 147 Å². The molecule has 1 aromatic carbocycles. The van der Waals surface area contributed by atoms with Gasteiger partial charge in [0, 0.05) is 12.0 Å². The molecule has 3 nitrogen and oxygen atoms in total. The maximum absolute atomic E-state index is 11.6. The third kappa shape index (κ3) is 7.74. The third-order valence-corrected chi connectivity index (χ3v) is 3.14. The van der Waals surface area contributed by atoms with Crippen LogP contribution in [0.2, 0.25) is 0 Å². The van der Waals surface area contributed by atoms with Crippen LogP contribution in [0.5, 0.6) is 5.75 Å². The largest absolute Gasteiger partial charge is 0.490 e. The van der Waals surface area contributed by atoms with Crippen molar-refractivity contribution in [1.29, 1.82) is 0 Å². The van der Waals surface area contributed by atoms with Crippen LogP contribution >= 0.6 is 11.6 Å². The number of rotatable bonds is 2. The lowest BCUT2D eigenvalue weighted by atomic mass is 10.0. The van der Waals surface area contributed by atoms with E-state index in [1.54, 1.807) is 19.1 Å². The van der Waals surface area contributed by atoms with E-state index in [4.69, 9.17) is 21.1 Å². The minimum absolute atomic E-state index is 0.0509. The molecule has 0 fully saturated rings. The topological polar surface area (TPSA) is 35.5 Å². The van der Waals surface area contributed by atoms with E-state index >= 15 is 0 Å². The molecule has 4 heteroatoms. The highest BCUT2D eigenvalue weighted by Gasteiger charge is 2.25. The van der Waals surface area contributed by atoms with Gasteiger partial charge in [-0.2, -0.15) is 0 Å². The molecular formula is C19H33ClO3. The summed E-state index contributed by atoms with van der Waals surface area (Å²) < 4.78 is 10.6. The number of fused-ring (bicyclic) bond motifs is 1. The molecule has 1 aromatic rings. The molecule has 0 bridgehead atoms. The Balaban J connectivity index is 0. The zero-order chi connectivity index (χ0) is 18.4. The summed E-state index contributed by atoms with van der Waals surface area (Å²) in [6, 6.07) is 5.27. The van der Waals surface area contributed by atoms with Crippen LogP contribution in [0, 0.1) is 0 Å². The first-order chi connectivity index (χ1) is 11.1. The van der Waals surface area contributed by atoms with E-state index in [9.17, 15) is 4.79 Å². The maximum Gasteiger partial charge on any atom is 0.338 e. The summed E-state index contributed by atoms with van der Waals surface area (Å²) in [4.78, 5) is 11.6. The summed E-state index contributed by atoms with van der Waals surface area (Å²) >= 11 is 6.24.